The number of pyridine rings is 1. The Morgan fingerprint density at radius 1 is 0.912 bits per heavy atom. The first-order valence-corrected chi connectivity index (χ1v) is 20.7. The summed E-state index contributed by atoms with van der Waals surface area (Å²) in [5, 5.41) is 23.9. The molecule has 0 aliphatic carbocycles. The van der Waals surface area contributed by atoms with Gasteiger partial charge >= 0.3 is 5.97 Å². The fraction of sp³-hybridized carbons (Fsp3) is 0.146. The molecule has 0 amide bonds. The zero-order valence-electron chi connectivity index (χ0n) is 30.3. The van der Waals surface area contributed by atoms with Crippen molar-refractivity contribution in [2.45, 2.75) is 35.1 Å². The lowest BCUT2D eigenvalue weighted by molar-refractivity contribution is -0.145. The van der Waals surface area contributed by atoms with Gasteiger partial charge in [0.1, 0.15) is 68.7 Å². The minimum absolute atomic E-state index is 0.0296. The smallest absolute Gasteiger partial charge is 0.323 e. The van der Waals surface area contributed by atoms with Gasteiger partial charge < -0.3 is 25.5 Å². The summed E-state index contributed by atoms with van der Waals surface area (Å²) in [7, 11) is -4.27. The molecule has 6 aromatic rings. The first-order valence-electron chi connectivity index (χ1n) is 17.0. The number of hydrogen-bond donors (Lipinski definition) is 2. The Bertz CT molecular complexity index is 2510. The Morgan fingerprint density at radius 3 is 2.19 bits per heavy atom. The van der Waals surface area contributed by atoms with Crippen LogP contribution in [0.3, 0.4) is 0 Å². The van der Waals surface area contributed by atoms with Crippen molar-refractivity contribution in [3.8, 4) is 39.6 Å². The van der Waals surface area contributed by atoms with Gasteiger partial charge in [-0.25, -0.2) is 18.4 Å². The summed E-state index contributed by atoms with van der Waals surface area (Å²) < 4.78 is 42.2. The number of rotatable bonds is 13. The highest BCUT2D eigenvalue weighted by molar-refractivity contribution is 7.98. The molecule has 0 saturated heterocycles. The highest BCUT2D eigenvalue weighted by Gasteiger charge is 2.21. The third kappa shape index (κ3) is 11.9. The zero-order chi connectivity index (χ0) is 41.0. The Balaban J connectivity index is 0.000000486. The molecule has 0 bridgehead atoms. The fourth-order valence-corrected chi connectivity index (χ4v) is 7.63. The first kappa shape index (κ1) is 42.4. The third-order valence-corrected chi connectivity index (χ3v) is 11.1. The van der Waals surface area contributed by atoms with Gasteiger partial charge in [-0.15, -0.1) is 11.3 Å². The monoisotopic (exact) mass is 837 g/mol. The van der Waals surface area contributed by atoms with Crippen molar-refractivity contribution in [2.24, 2.45) is 5.73 Å². The number of thiazole rings is 1. The van der Waals surface area contributed by atoms with Crippen LogP contribution in [-0.4, -0.2) is 48.2 Å². The minimum Gasteiger partial charge on any atom is -0.744 e. The number of nitrogen functional groups attached to an aromatic ring is 1. The second-order valence-corrected chi connectivity index (χ2v) is 15.8. The summed E-state index contributed by atoms with van der Waals surface area (Å²) in [6.07, 6.45) is 0.382. The Kier molecular flexibility index (Phi) is 14.8. The van der Waals surface area contributed by atoms with Crippen LogP contribution in [0.4, 0.5) is 5.82 Å². The lowest BCUT2D eigenvalue weighted by atomic mass is 9.97. The van der Waals surface area contributed by atoms with Crippen LogP contribution >= 0.6 is 34.7 Å². The molecule has 4 N–H and O–H groups in total. The van der Waals surface area contributed by atoms with E-state index in [2.05, 4.69) is 17.1 Å². The fourth-order valence-electron chi connectivity index (χ4n) is 5.21. The predicted octanol–water partition coefficient (Wildman–Crippen LogP) is 7.53. The SMILES string of the molecule is Cc1ccc(S(=O)(=O)[O-])cc1.N#Cc1c(N)nc(SCc2csc(-c3ccc(Cl)cc3)n2)c(C#N)c1-c1ccc(OCCOC(=O)[C@@H](N)Cc2ccccc2)cc1. The number of aryl methyl sites for hydroxylation is 1. The van der Waals surface area contributed by atoms with Crippen LogP contribution in [0.5, 0.6) is 5.75 Å². The molecular formula is C41H34ClN6O6S3-. The predicted molar refractivity (Wildman–Crippen MR) is 219 cm³/mol. The zero-order valence-corrected chi connectivity index (χ0v) is 33.5. The maximum absolute atomic E-state index is 12.3. The molecule has 2 aromatic heterocycles. The van der Waals surface area contributed by atoms with Crippen molar-refractivity contribution in [3.63, 3.8) is 0 Å². The van der Waals surface area contributed by atoms with Gasteiger partial charge in [-0.3, -0.25) is 4.79 Å². The van der Waals surface area contributed by atoms with E-state index in [9.17, 15) is 28.3 Å². The number of carbonyl (C=O) groups is 1. The van der Waals surface area contributed by atoms with E-state index in [-0.39, 0.29) is 35.1 Å². The van der Waals surface area contributed by atoms with E-state index in [1.165, 1.54) is 35.2 Å². The topological polar surface area (TPSA) is 218 Å². The van der Waals surface area contributed by atoms with E-state index in [1.54, 1.807) is 36.4 Å². The van der Waals surface area contributed by atoms with Crippen molar-refractivity contribution < 1.29 is 27.2 Å². The maximum atomic E-state index is 12.3. The Morgan fingerprint density at radius 2 is 1.56 bits per heavy atom. The highest BCUT2D eigenvalue weighted by Crippen LogP contribution is 2.37. The van der Waals surface area contributed by atoms with Gasteiger partial charge in [-0.1, -0.05) is 95.7 Å². The number of ether oxygens (including phenoxy) is 2. The highest BCUT2D eigenvalue weighted by atomic mass is 35.5. The van der Waals surface area contributed by atoms with Crippen molar-refractivity contribution in [2.75, 3.05) is 18.9 Å². The summed E-state index contributed by atoms with van der Waals surface area (Å²) in [6, 6.07) is 33.2. The molecule has 0 aliphatic rings. The molecule has 6 rings (SSSR count). The van der Waals surface area contributed by atoms with Gasteiger partial charge in [0, 0.05) is 27.3 Å². The summed E-state index contributed by atoms with van der Waals surface area (Å²) >= 11 is 8.84. The number of nitrogens with two attached hydrogens (primary N) is 2. The second-order valence-electron chi connectivity index (χ2n) is 12.2. The number of aromatic nitrogens is 2. The normalized spacial score (nSPS) is 11.3. The first-order chi connectivity index (χ1) is 27.4. The third-order valence-electron chi connectivity index (χ3n) is 8.07. The van der Waals surface area contributed by atoms with Gasteiger partial charge in [0.25, 0.3) is 0 Å². The molecule has 0 radical (unpaired) electrons. The van der Waals surface area contributed by atoms with E-state index in [4.69, 9.17) is 37.5 Å². The minimum atomic E-state index is -4.27. The lowest BCUT2D eigenvalue weighted by Gasteiger charge is -2.14. The van der Waals surface area contributed by atoms with Crippen LogP contribution in [0.1, 0.15) is 27.9 Å². The summed E-state index contributed by atoms with van der Waals surface area (Å²) in [4.78, 5) is 21.2. The summed E-state index contributed by atoms with van der Waals surface area (Å²) in [5.41, 5.74) is 17.2. The molecule has 57 heavy (non-hydrogen) atoms. The number of halogens is 1. The van der Waals surface area contributed by atoms with E-state index < -0.39 is 22.1 Å². The number of esters is 1. The van der Waals surface area contributed by atoms with Crippen LogP contribution in [0.25, 0.3) is 21.7 Å². The average molecular weight is 838 g/mol. The molecular weight excluding hydrogens is 804 g/mol. The summed E-state index contributed by atoms with van der Waals surface area (Å²) in [5.74, 6) is 0.496. The van der Waals surface area contributed by atoms with E-state index >= 15 is 0 Å². The number of nitriles is 2. The van der Waals surface area contributed by atoms with Gasteiger partial charge in [0.05, 0.1) is 16.2 Å². The molecule has 4 aromatic carbocycles. The van der Waals surface area contributed by atoms with Gasteiger partial charge in [-0.05, 0) is 60.9 Å². The molecule has 0 saturated carbocycles. The quantitative estimate of drug-likeness (QED) is 0.0498. The van der Waals surface area contributed by atoms with Crippen molar-refractivity contribution in [1.82, 2.24) is 9.97 Å². The van der Waals surface area contributed by atoms with Gasteiger partial charge in [0.15, 0.2) is 0 Å². The van der Waals surface area contributed by atoms with Gasteiger partial charge in [0.2, 0.25) is 0 Å². The van der Waals surface area contributed by atoms with Crippen LogP contribution in [-0.2, 0) is 31.8 Å². The maximum Gasteiger partial charge on any atom is 0.323 e. The van der Waals surface area contributed by atoms with Gasteiger partial charge in [-0.2, -0.15) is 10.5 Å². The lowest BCUT2D eigenvalue weighted by Crippen LogP contribution is -2.35. The molecule has 0 aliphatic heterocycles. The molecule has 16 heteroatoms. The number of anilines is 1. The molecule has 0 spiro atoms. The Hall–Kier alpha value is -5.78. The van der Waals surface area contributed by atoms with Crippen LogP contribution in [0, 0.1) is 29.6 Å². The van der Waals surface area contributed by atoms with E-state index in [1.807, 2.05) is 66.9 Å². The molecule has 0 unspecified atom stereocenters. The average Bonchev–Trinajstić information content (AvgIpc) is 3.68. The number of nitrogens with zero attached hydrogens (tertiary/aromatic N) is 4. The standard InChI is InChI=1S/C34H27ClN6O3S2.C7H8O3S/c35-24-10-6-23(7-11-24)32-40-25(19-45-32)20-46-33-28(18-37)30(27(17-36)31(39)41-33)22-8-12-26(13-9-22)43-14-15-44-34(42)29(38)16-21-4-2-1-3-5-21;1-6-2-4-7(5-3-6)11(8,9)10/h1-13,19,29H,14-16,20,38H2,(H2,39,41);2-5H,1H3,(H,8,9,10)/p-1/t29-;/m0./s1. The van der Waals surface area contributed by atoms with Crippen molar-refractivity contribution in [1.29, 1.82) is 10.5 Å². The van der Waals surface area contributed by atoms with E-state index in [0.29, 0.717) is 39.1 Å². The molecule has 12 nitrogen and oxygen atoms in total. The largest absolute Gasteiger partial charge is 0.744 e. The number of carbonyl (C=O) groups excluding carboxylic acids is 1. The van der Waals surface area contributed by atoms with Crippen molar-refractivity contribution in [3.05, 3.63) is 141 Å². The number of benzene rings is 4. The summed E-state index contributed by atoms with van der Waals surface area (Å²) in [6.45, 7) is 1.97. The van der Waals surface area contributed by atoms with Crippen molar-refractivity contribution >= 4 is 56.6 Å². The molecule has 1 atom stereocenters. The van der Waals surface area contributed by atoms with E-state index in [0.717, 1.165) is 27.4 Å². The number of hydrogen-bond acceptors (Lipinski definition) is 14. The second kappa shape index (κ2) is 19.9. The molecule has 2 heterocycles. The molecule has 290 valence electrons. The van der Waals surface area contributed by atoms with Crippen LogP contribution < -0.4 is 16.2 Å². The number of thioether (sulfide) groups is 1. The van der Waals surface area contributed by atoms with Crippen LogP contribution in [0.2, 0.25) is 5.02 Å². The van der Waals surface area contributed by atoms with Crippen LogP contribution in [0.15, 0.2) is 118 Å². The molecule has 0 fully saturated rings. The Labute approximate surface area is 343 Å².